The molecule has 0 fully saturated rings. The van der Waals surface area contributed by atoms with Crippen molar-refractivity contribution in [2.75, 3.05) is 0 Å². The molecule has 0 aliphatic carbocycles. The molecule has 0 amide bonds. The first-order valence-corrected chi connectivity index (χ1v) is 3.85. The first kappa shape index (κ1) is 8.12. The van der Waals surface area contributed by atoms with Crippen LogP contribution >= 0.6 is 11.6 Å². The van der Waals surface area contributed by atoms with E-state index in [1.807, 2.05) is 0 Å². The van der Waals surface area contributed by atoms with Crippen molar-refractivity contribution < 1.29 is 9.90 Å². The summed E-state index contributed by atoms with van der Waals surface area (Å²) in [6.07, 6.45) is 2.68. The molecule has 1 aliphatic heterocycles. The van der Waals surface area contributed by atoms with Gasteiger partial charge < -0.3 is 5.11 Å². The van der Waals surface area contributed by atoms with E-state index < -0.39 is 12.0 Å². The number of rotatable bonds is 1. The highest BCUT2D eigenvalue weighted by molar-refractivity contribution is 6.29. The van der Waals surface area contributed by atoms with Crippen molar-refractivity contribution in [1.29, 1.82) is 0 Å². The van der Waals surface area contributed by atoms with Crippen molar-refractivity contribution in [2.24, 2.45) is 4.99 Å². The Labute approximate surface area is 77.4 Å². The first-order valence-electron chi connectivity index (χ1n) is 3.47. The Kier molecular flexibility index (Phi) is 1.73. The molecule has 66 valence electrons. The number of carboxylic acid groups (broad SMARTS) is 1. The van der Waals surface area contributed by atoms with Crippen molar-refractivity contribution in [2.45, 2.75) is 6.04 Å². The summed E-state index contributed by atoms with van der Waals surface area (Å²) in [5.74, 6) is -1.02. The van der Waals surface area contributed by atoms with E-state index >= 15 is 0 Å². The van der Waals surface area contributed by atoms with E-state index in [1.54, 1.807) is 0 Å². The lowest BCUT2D eigenvalue weighted by Crippen LogP contribution is -2.26. The smallest absolute Gasteiger partial charge is 0.332 e. The van der Waals surface area contributed by atoms with Gasteiger partial charge in [-0.2, -0.15) is 0 Å². The van der Waals surface area contributed by atoms with Gasteiger partial charge in [-0.3, -0.25) is 0 Å². The molecule has 13 heavy (non-hydrogen) atoms. The van der Waals surface area contributed by atoms with Gasteiger partial charge in [0.15, 0.2) is 11.5 Å². The minimum Gasteiger partial charge on any atom is -0.479 e. The molecule has 1 N–H and O–H groups in total. The normalized spacial score (nSPS) is 18.7. The van der Waals surface area contributed by atoms with E-state index in [1.165, 1.54) is 12.4 Å². The summed E-state index contributed by atoms with van der Waals surface area (Å²) in [7, 11) is 0. The van der Waals surface area contributed by atoms with Crippen molar-refractivity contribution in [1.82, 2.24) is 9.97 Å². The van der Waals surface area contributed by atoms with Crippen LogP contribution in [0.1, 0.15) is 0 Å². The molecule has 0 aromatic carbocycles. The van der Waals surface area contributed by atoms with Crippen LogP contribution in [0.25, 0.3) is 6.08 Å². The quantitative estimate of drug-likeness (QED) is 0.586. The van der Waals surface area contributed by atoms with E-state index in [-0.39, 0.29) is 5.15 Å². The fourth-order valence-electron chi connectivity index (χ4n) is 1.07. The lowest BCUT2D eigenvalue weighted by molar-refractivity contribution is -0.136. The Morgan fingerprint density at radius 1 is 1.54 bits per heavy atom. The summed E-state index contributed by atoms with van der Waals surface area (Å²) >= 11 is 5.70. The Morgan fingerprint density at radius 2 is 2.31 bits per heavy atom. The number of carboxylic acids is 1. The van der Waals surface area contributed by atoms with Gasteiger partial charge in [0.1, 0.15) is 11.5 Å². The lowest BCUT2D eigenvalue weighted by Gasteiger charge is -1.91. The maximum absolute atomic E-state index is 10.6. The Bertz CT molecular complexity index is 485. The Morgan fingerprint density at radius 3 is 2.92 bits per heavy atom. The van der Waals surface area contributed by atoms with Crippen LogP contribution in [-0.4, -0.2) is 27.1 Å². The molecule has 1 aromatic rings. The minimum atomic E-state index is -1.02. The number of nitrogens with zero attached hydrogens (tertiary/aromatic N) is 3. The number of carbonyl (C=O) groups is 1. The van der Waals surface area contributed by atoms with Gasteiger partial charge in [-0.15, -0.1) is 0 Å². The molecule has 0 radical (unpaired) electrons. The fraction of sp³-hybridized carbons (Fsp3) is 0.143. The van der Waals surface area contributed by atoms with Gasteiger partial charge >= 0.3 is 5.97 Å². The molecule has 0 saturated heterocycles. The zero-order valence-corrected chi connectivity index (χ0v) is 7.06. The number of hydrogen-bond acceptors (Lipinski definition) is 4. The van der Waals surface area contributed by atoms with Gasteiger partial charge in [-0.05, 0) is 6.08 Å². The zero-order chi connectivity index (χ0) is 9.42. The van der Waals surface area contributed by atoms with Crippen molar-refractivity contribution >= 4 is 23.6 Å². The molecule has 6 heteroatoms. The monoisotopic (exact) mass is 197 g/mol. The highest BCUT2D eigenvalue weighted by atomic mass is 35.5. The van der Waals surface area contributed by atoms with Crippen LogP contribution in [0.3, 0.4) is 0 Å². The van der Waals surface area contributed by atoms with Crippen LogP contribution in [0.2, 0.25) is 5.15 Å². The van der Waals surface area contributed by atoms with Crippen LogP contribution < -0.4 is 10.7 Å². The predicted molar refractivity (Wildman–Crippen MR) is 43.7 cm³/mol. The maximum atomic E-state index is 10.6. The van der Waals surface area contributed by atoms with Gasteiger partial charge in [-0.1, -0.05) is 11.6 Å². The van der Waals surface area contributed by atoms with E-state index in [0.717, 1.165) is 0 Å². The minimum absolute atomic E-state index is 0.234. The summed E-state index contributed by atoms with van der Waals surface area (Å²) in [4.78, 5) is 21.9. The van der Waals surface area contributed by atoms with E-state index in [2.05, 4.69) is 15.0 Å². The number of hydrogen-bond donors (Lipinski definition) is 1. The average Bonchev–Trinajstić information content (AvgIpc) is 2.49. The third-order valence-electron chi connectivity index (χ3n) is 1.65. The summed E-state index contributed by atoms with van der Waals surface area (Å²) in [6, 6.07) is -0.885. The molecule has 1 aromatic heterocycles. The second-order valence-corrected chi connectivity index (χ2v) is 2.84. The highest BCUT2D eigenvalue weighted by Crippen LogP contribution is 1.98. The van der Waals surface area contributed by atoms with Crippen LogP contribution in [0.5, 0.6) is 0 Å². The molecule has 0 bridgehead atoms. The molecule has 5 nitrogen and oxygen atoms in total. The third kappa shape index (κ3) is 1.27. The van der Waals surface area contributed by atoms with Crippen molar-refractivity contribution in [3.63, 3.8) is 0 Å². The van der Waals surface area contributed by atoms with Gasteiger partial charge in [0, 0.05) is 0 Å². The second kappa shape index (κ2) is 2.77. The van der Waals surface area contributed by atoms with E-state index in [9.17, 15) is 4.79 Å². The largest absolute Gasteiger partial charge is 0.479 e. The molecule has 0 saturated carbocycles. The standard InChI is InChI=1S/C7H4ClN3O2/c8-5-3-1-4(7(12)13)11-6(3)10-2-9-5/h1-2,4H,(H,12,13)/t4-/m1/s1. The maximum Gasteiger partial charge on any atom is 0.332 e. The molecule has 2 heterocycles. The van der Waals surface area contributed by atoms with E-state index in [0.29, 0.717) is 10.7 Å². The Hall–Kier alpha value is -1.49. The molecule has 1 aliphatic rings. The molecule has 0 spiro atoms. The summed E-state index contributed by atoms with van der Waals surface area (Å²) < 4.78 is 0. The molecular weight excluding hydrogens is 194 g/mol. The fourth-order valence-corrected chi connectivity index (χ4v) is 1.26. The van der Waals surface area contributed by atoms with Gasteiger partial charge in [0.05, 0.1) is 5.22 Å². The SMILES string of the molecule is O=C(O)[C@H]1C=c2c(Cl)ncnc2=N1. The first-order chi connectivity index (χ1) is 6.18. The second-order valence-electron chi connectivity index (χ2n) is 2.48. The van der Waals surface area contributed by atoms with Crippen LogP contribution in [0.15, 0.2) is 11.3 Å². The van der Waals surface area contributed by atoms with Crippen LogP contribution in [0.4, 0.5) is 0 Å². The molecule has 2 rings (SSSR count). The Balaban J connectivity index is 2.67. The van der Waals surface area contributed by atoms with Crippen molar-refractivity contribution in [3.8, 4) is 0 Å². The number of fused-ring (bicyclic) bond motifs is 1. The van der Waals surface area contributed by atoms with Crippen molar-refractivity contribution in [3.05, 3.63) is 22.2 Å². The number of halogens is 1. The van der Waals surface area contributed by atoms with Gasteiger partial charge in [0.2, 0.25) is 0 Å². The van der Waals surface area contributed by atoms with Crippen LogP contribution in [-0.2, 0) is 4.79 Å². The lowest BCUT2D eigenvalue weighted by atomic mass is 10.3. The van der Waals surface area contributed by atoms with Gasteiger partial charge in [0.25, 0.3) is 0 Å². The predicted octanol–water partition coefficient (Wildman–Crippen LogP) is -1.00. The van der Waals surface area contributed by atoms with Gasteiger partial charge in [-0.25, -0.2) is 19.8 Å². The zero-order valence-electron chi connectivity index (χ0n) is 6.31. The van der Waals surface area contributed by atoms with E-state index in [4.69, 9.17) is 16.7 Å². The molecule has 1 atom stereocenters. The number of aliphatic carboxylic acids is 1. The third-order valence-corrected chi connectivity index (χ3v) is 1.95. The highest BCUT2D eigenvalue weighted by Gasteiger charge is 2.18. The summed E-state index contributed by atoms with van der Waals surface area (Å²) in [5, 5.41) is 9.39. The summed E-state index contributed by atoms with van der Waals surface area (Å²) in [5.41, 5.74) is 0.340. The molecule has 0 unspecified atom stereocenters. The number of aromatic nitrogens is 2. The summed E-state index contributed by atoms with van der Waals surface area (Å²) in [6.45, 7) is 0. The topological polar surface area (TPSA) is 75.4 Å². The van der Waals surface area contributed by atoms with Crippen LogP contribution in [0, 0.1) is 0 Å². The molecular formula is C7H4ClN3O2. The average molecular weight is 198 g/mol.